The Morgan fingerprint density at radius 2 is 1.91 bits per heavy atom. The fraction of sp³-hybridized carbons (Fsp3) is 0.250. The Balaban J connectivity index is 2.14. The van der Waals surface area contributed by atoms with E-state index in [4.69, 9.17) is 5.11 Å². The molecule has 0 saturated heterocycles. The normalized spacial score (nSPS) is 13.4. The molecule has 0 aliphatic carbocycles. The lowest BCUT2D eigenvalue weighted by atomic mass is 10.00. The summed E-state index contributed by atoms with van der Waals surface area (Å²) in [7, 11) is 0. The number of hydrogen-bond donors (Lipinski definition) is 2. The Labute approximate surface area is 141 Å². The maximum Gasteiger partial charge on any atom is 0.305 e. The molecule has 2 N–H and O–H groups in total. The van der Waals surface area contributed by atoms with E-state index in [1.807, 2.05) is 48.0 Å². The van der Waals surface area contributed by atoms with Crippen LogP contribution in [0.2, 0.25) is 0 Å². The third kappa shape index (κ3) is 4.42. The number of hydrogen-bond acceptors (Lipinski definition) is 3. The van der Waals surface area contributed by atoms with Crippen LogP contribution in [0.15, 0.2) is 45.6 Å². The van der Waals surface area contributed by atoms with Crippen LogP contribution < -0.4 is 5.32 Å². The number of carboxylic acid groups (broad SMARTS) is 1. The summed E-state index contributed by atoms with van der Waals surface area (Å²) in [4.78, 5) is 23.4. The molecule has 0 aliphatic rings. The van der Waals surface area contributed by atoms with Crippen LogP contribution in [0.25, 0.3) is 0 Å². The van der Waals surface area contributed by atoms with E-state index in [9.17, 15) is 9.59 Å². The van der Waals surface area contributed by atoms with Crippen molar-refractivity contribution in [2.24, 2.45) is 0 Å². The minimum Gasteiger partial charge on any atom is -0.481 e. The van der Waals surface area contributed by atoms with Crippen molar-refractivity contribution >= 4 is 39.1 Å². The van der Waals surface area contributed by atoms with Gasteiger partial charge < -0.3 is 10.4 Å². The van der Waals surface area contributed by atoms with E-state index in [1.54, 1.807) is 0 Å². The molecule has 6 heteroatoms. The fourth-order valence-electron chi connectivity index (χ4n) is 2.09. The van der Waals surface area contributed by atoms with Gasteiger partial charge in [-0.3, -0.25) is 9.59 Å². The molecule has 4 nitrogen and oxygen atoms in total. The van der Waals surface area contributed by atoms with E-state index >= 15 is 0 Å². The maximum atomic E-state index is 12.4. The second-order valence-corrected chi connectivity index (χ2v) is 6.68. The number of carbonyl (C=O) groups is 2. The van der Waals surface area contributed by atoms with E-state index in [2.05, 4.69) is 21.2 Å². The van der Waals surface area contributed by atoms with Gasteiger partial charge in [0.05, 0.1) is 18.4 Å². The van der Waals surface area contributed by atoms with Crippen molar-refractivity contribution in [3.63, 3.8) is 0 Å². The van der Waals surface area contributed by atoms with Crippen molar-refractivity contribution in [2.75, 3.05) is 0 Å². The molecule has 1 heterocycles. The van der Waals surface area contributed by atoms with Crippen LogP contribution in [0, 0.1) is 0 Å². The molecular weight excluding hydrogens is 366 g/mol. The minimum atomic E-state index is -0.948. The van der Waals surface area contributed by atoms with Crippen molar-refractivity contribution in [1.29, 1.82) is 0 Å². The zero-order chi connectivity index (χ0) is 16.1. The summed E-state index contributed by atoms with van der Waals surface area (Å²) in [5, 5.41) is 15.8. The van der Waals surface area contributed by atoms with Gasteiger partial charge in [0.1, 0.15) is 0 Å². The molecule has 0 saturated carbocycles. The van der Waals surface area contributed by atoms with Crippen LogP contribution in [0.1, 0.15) is 36.4 Å². The summed E-state index contributed by atoms with van der Waals surface area (Å²) in [5.41, 5.74) is 1.71. The lowest BCUT2D eigenvalue weighted by Gasteiger charge is -2.20. The van der Waals surface area contributed by atoms with Crippen LogP contribution in [-0.4, -0.2) is 17.0 Å². The quantitative estimate of drug-likeness (QED) is 0.795. The predicted octanol–water partition coefficient (Wildman–Crippen LogP) is 3.95. The first-order valence-electron chi connectivity index (χ1n) is 6.77. The minimum absolute atomic E-state index is 0.149. The highest BCUT2D eigenvalue weighted by Crippen LogP contribution is 2.23. The molecule has 0 radical (unpaired) electrons. The molecule has 0 spiro atoms. The summed E-state index contributed by atoms with van der Waals surface area (Å²) in [6.45, 7) is 1.82. The average molecular weight is 382 g/mol. The monoisotopic (exact) mass is 381 g/mol. The van der Waals surface area contributed by atoms with Gasteiger partial charge in [0, 0.05) is 4.47 Å². The van der Waals surface area contributed by atoms with Crippen molar-refractivity contribution < 1.29 is 14.7 Å². The summed E-state index contributed by atoms with van der Waals surface area (Å²) in [6.07, 6.45) is -0.149. The smallest absolute Gasteiger partial charge is 0.305 e. The lowest BCUT2D eigenvalue weighted by Crippen LogP contribution is -2.33. The van der Waals surface area contributed by atoms with Crippen LogP contribution >= 0.6 is 27.3 Å². The Kier molecular flexibility index (Phi) is 5.74. The van der Waals surface area contributed by atoms with Crippen LogP contribution in [-0.2, 0) is 9.59 Å². The average Bonchev–Trinajstić information content (AvgIpc) is 3.00. The summed E-state index contributed by atoms with van der Waals surface area (Å²) < 4.78 is 0.906. The Morgan fingerprint density at radius 3 is 2.45 bits per heavy atom. The first kappa shape index (κ1) is 16.7. The zero-order valence-electron chi connectivity index (χ0n) is 12.0. The summed E-state index contributed by atoms with van der Waals surface area (Å²) in [5.74, 6) is -1.43. The third-order valence-corrected chi connectivity index (χ3v) is 4.63. The van der Waals surface area contributed by atoms with Gasteiger partial charge in [-0.15, -0.1) is 0 Å². The van der Waals surface area contributed by atoms with E-state index in [-0.39, 0.29) is 18.2 Å². The fourth-order valence-corrected chi connectivity index (χ4v) is 3.11. The van der Waals surface area contributed by atoms with E-state index in [0.717, 1.165) is 15.6 Å². The Morgan fingerprint density at radius 1 is 1.23 bits per heavy atom. The van der Waals surface area contributed by atoms with Gasteiger partial charge in [-0.05, 0) is 47.0 Å². The predicted molar refractivity (Wildman–Crippen MR) is 90.0 cm³/mol. The molecule has 0 fully saturated rings. The number of aliphatic carboxylic acids is 1. The first-order chi connectivity index (χ1) is 10.5. The number of rotatable bonds is 6. The molecule has 0 aliphatic heterocycles. The molecule has 2 aromatic rings. The second-order valence-electron chi connectivity index (χ2n) is 4.99. The topological polar surface area (TPSA) is 66.4 Å². The standard InChI is InChI=1S/C16H16BrNO3S/c1-10(12-6-7-22-9-12)16(21)18-14(8-15(19)20)11-2-4-13(17)5-3-11/h2-7,9-10,14H,8H2,1H3,(H,18,21)(H,19,20). The van der Waals surface area contributed by atoms with Gasteiger partial charge in [0.2, 0.25) is 5.91 Å². The molecule has 2 unspecified atom stereocenters. The SMILES string of the molecule is CC(C(=O)NC(CC(=O)O)c1ccc(Br)cc1)c1ccsc1. The van der Waals surface area contributed by atoms with E-state index in [1.165, 1.54) is 11.3 Å². The number of thiophene rings is 1. The largest absolute Gasteiger partial charge is 0.481 e. The number of amides is 1. The molecular formula is C16H16BrNO3S. The number of halogens is 1. The van der Waals surface area contributed by atoms with Gasteiger partial charge in [-0.1, -0.05) is 28.1 Å². The van der Waals surface area contributed by atoms with Gasteiger partial charge in [-0.2, -0.15) is 11.3 Å². The third-order valence-electron chi connectivity index (χ3n) is 3.40. The van der Waals surface area contributed by atoms with Crippen molar-refractivity contribution in [3.05, 3.63) is 56.7 Å². The number of benzene rings is 1. The zero-order valence-corrected chi connectivity index (χ0v) is 14.4. The highest BCUT2D eigenvalue weighted by Gasteiger charge is 2.22. The van der Waals surface area contributed by atoms with Crippen molar-refractivity contribution in [3.8, 4) is 0 Å². The molecule has 1 aromatic heterocycles. The van der Waals surface area contributed by atoms with Crippen LogP contribution in [0.4, 0.5) is 0 Å². The second kappa shape index (κ2) is 7.56. The molecule has 2 atom stereocenters. The number of carboxylic acids is 1. The number of carbonyl (C=O) groups excluding carboxylic acids is 1. The highest BCUT2D eigenvalue weighted by molar-refractivity contribution is 9.10. The van der Waals surface area contributed by atoms with Gasteiger partial charge in [0.25, 0.3) is 0 Å². The van der Waals surface area contributed by atoms with E-state index < -0.39 is 12.0 Å². The summed E-state index contributed by atoms with van der Waals surface area (Å²) in [6, 6.07) is 8.65. The molecule has 1 aromatic carbocycles. The van der Waals surface area contributed by atoms with Crippen LogP contribution in [0.3, 0.4) is 0 Å². The molecule has 0 bridgehead atoms. The Hall–Kier alpha value is -1.66. The maximum absolute atomic E-state index is 12.4. The molecule has 116 valence electrons. The van der Waals surface area contributed by atoms with Gasteiger partial charge >= 0.3 is 5.97 Å². The number of nitrogens with one attached hydrogen (secondary N) is 1. The molecule has 22 heavy (non-hydrogen) atoms. The Bertz CT molecular complexity index is 640. The van der Waals surface area contributed by atoms with E-state index in [0.29, 0.717) is 0 Å². The lowest BCUT2D eigenvalue weighted by molar-refractivity contribution is -0.137. The van der Waals surface area contributed by atoms with Crippen molar-refractivity contribution in [2.45, 2.75) is 25.3 Å². The first-order valence-corrected chi connectivity index (χ1v) is 8.50. The summed E-state index contributed by atoms with van der Waals surface area (Å²) >= 11 is 4.88. The highest BCUT2D eigenvalue weighted by atomic mass is 79.9. The van der Waals surface area contributed by atoms with Gasteiger partial charge in [0.15, 0.2) is 0 Å². The van der Waals surface area contributed by atoms with Crippen molar-refractivity contribution in [1.82, 2.24) is 5.32 Å². The van der Waals surface area contributed by atoms with Gasteiger partial charge in [-0.25, -0.2) is 0 Å². The van der Waals surface area contributed by atoms with Crippen LogP contribution in [0.5, 0.6) is 0 Å². The molecule has 1 amide bonds. The molecule has 2 rings (SSSR count).